The van der Waals surface area contributed by atoms with Crippen molar-refractivity contribution >= 4 is 17.5 Å². The molecule has 1 aromatic carbocycles. The van der Waals surface area contributed by atoms with Crippen molar-refractivity contribution in [2.75, 3.05) is 36.5 Å². The number of ether oxygens (including phenoxy) is 2. The second-order valence-electron chi connectivity index (χ2n) is 6.76. The second-order valence-corrected chi connectivity index (χ2v) is 6.76. The van der Waals surface area contributed by atoms with Crippen LogP contribution in [0.1, 0.15) is 24.0 Å². The van der Waals surface area contributed by atoms with Crippen LogP contribution in [0.4, 0.5) is 17.5 Å². The van der Waals surface area contributed by atoms with E-state index in [1.54, 1.807) is 6.20 Å². The molecule has 0 radical (unpaired) electrons. The lowest BCUT2D eigenvalue weighted by Gasteiger charge is -2.38. The summed E-state index contributed by atoms with van der Waals surface area (Å²) in [5.41, 5.74) is 3.53. The van der Waals surface area contributed by atoms with Crippen molar-refractivity contribution in [3.63, 3.8) is 0 Å². The molecular formula is C19H24N4O2. The highest BCUT2D eigenvalue weighted by molar-refractivity contribution is 5.57. The first kappa shape index (κ1) is 16.3. The van der Waals surface area contributed by atoms with Gasteiger partial charge in [0.05, 0.1) is 13.2 Å². The average molecular weight is 340 g/mol. The predicted molar refractivity (Wildman–Crippen MR) is 97.3 cm³/mol. The van der Waals surface area contributed by atoms with Crippen molar-refractivity contribution in [3.8, 4) is 0 Å². The molecule has 4 rings (SSSR count). The lowest BCUT2D eigenvalue weighted by Crippen LogP contribution is -2.45. The second kappa shape index (κ2) is 6.61. The van der Waals surface area contributed by atoms with Gasteiger partial charge in [-0.05, 0) is 43.2 Å². The largest absolute Gasteiger partial charge is 0.356 e. The zero-order valence-corrected chi connectivity index (χ0v) is 14.8. The Morgan fingerprint density at radius 2 is 1.80 bits per heavy atom. The smallest absolute Gasteiger partial charge is 0.229 e. The third-order valence-corrected chi connectivity index (χ3v) is 5.07. The minimum atomic E-state index is -0.357. The third-order valence-electron chi connectivity index (χ3n) is 5.07. The maximum Gasteiger partial charge on any atom is 0.229 e. The van der Waals surface area contributed by atoms with E-state index in [-0.39, 0.29) is 5.79 Å². The predicted octanol–water partition coefficient (Wildman–Crippen LogP) is 3.18. The first-order chi connectivity index (χ1) is 12.1. The van der Waals surface area contributed by atoms with Gasteiger partial charge >= 0.3 is 0 Å². The molecule has 25 heavy (non-hydrogen) atoms. The molecule has 2 aliphatic rings. The average Bonchev–Trinajstić information content (AvgIpc) is 3.07. The SMILES string of the molecule is Cc1ccc(Nc2nccc(N3CCC4(CC3)OCCO4)n2)cc1C. The Morgan fingerprint density at radius 1 is 1.04 bits per heavy atom. The fraction of sp³-hybridized carbons (Fsp3) is 0.474. The van der Waals surface area contributed by atoms with Crippen molar-refractivity contribution in [1.29, 1.82) is 0 Å². The van der Waals surface area contributed by atoms with E-state index in [1.165, 1.54) is 11.1 Å². The number of hydrogen-bond donors (Lipinski definition) is 1. The molecule has 2 fully saturated rings. The highest BCUT2D eigenvalue weighted by atomic mass is 16.7. The lowest BCUT2D eigenvalue weighted by atomic mass is 10.0. The summed E-state index contributed by atoms with van der Waals surface area (Å²) in [6.45, 7) is 7.38. The van der Waals surface area contributed by atoms with Gasteiger partial charge in [0.15, 0.2) is 5.79 Å². The molecule has 2 saturated heterocycles. The van der Waals surface area contributed by atoms with E-state index in [1.807, 2.05) is 6.07 Å². The van der Waals surface area contributed by atoms with Crippen molar-refractivity contribution in [2.24, 2.45) is 0 Å². The summed E-state index contributed by atoms with van der Waals surface area (Å²) in [7, 11) is 0. The van der Waals surface area contributed by atoms with E-state index in [4.69, 9.17) is 9.47 Å². The Morgan fingerprint density at radius 3 is 2.52 bits per heavy atom. The molecule has 6 nitrogen and oxygen atoms in total. The van der Waals surface area contributed by atoms with Crippen molar-refractivity contribution in [2.45, 2.75) is 32.5 Å². The molecule has 3 heterocycles. The highest BCUT2D eigenvalue weighted by Crippen LogP contribution is 2.32. The number of rotatable bonds is 3. The number of aromatic nitrogens is 2. The van der Waals surface area contributed by atoms with Gasteiger partial charge in [-0.2, -0.15) is 4.98 Å². The van der Waals surface area contributed by atoms with Gasteiger partial charge in [-0.3, -0.25) is 0 Å². The molecule has 0 aliphatic carbocycles. The number of nitrogens with zero attached hydrogens (tertiary/aromatic N) is 3. The van der Waals surface area contributed by atoms with E-state index >= 15 is 0 Å². The Balaban J connectivity index is 1.45. The van der Waals surface area contributed by atoms with Gasteiger partial charge in [-0.25, -0.2) is 4.98 Å². The van der Waals surface area contributed by atoms with Gasteiger partial charge in [0, 0.05) is 37.8 Å². The van der Waals surface area contributed by atoms with Crippen LogP contribution in [0.15, 0.2) is 30.5 Å². The molecular weight excluding hydrogens is 316 g/mol. The summed E-state index contributed by atoms with van der Waals surface area (Å²) in [6, 6.07) is 8.23. The van der Waals surface area contributed by atoms with Crippen molar-refractivity contribution in [1.82, 2.24) is 9.97 Å². The monoisotopic (exact) mass is 340 g/mol. The molecule has 0 amide bonds. The minimum absolute atomic E-state index is 0.357. The van der Waals surface area contributed by atoms with E-state index < -0.39 is 0 Å². The van der Waals surface area contributed by atoms with Gasteiger partial charge < -0.3 is 19.7 Å². The number of aryl methyl sites for hydroxylation is 2. The Hall–Kier alpha value is -2.18. The standard InChI is InChI=1S/C19H24N4O2/c1-14-3-4-16(13-15(14)2)21-18-20-8-5-17(22-18)23-9-6-19(7-10-23)24-11-12-25-19/h3-5,8,13H,6-7,9-12H2,1-2H3,(H,20,21,22). The quantitative estimate of drug-likeness (QED) is 0.926. The van der Waals surface area contributed by atoms with Crippen LogP contribution in [0.25, 0.3) is 0 Å². The summed E-state index contributed by atoms with van der Waals surface area (Å²) in [5.74, 6) is 1.20. The van der Waals surface area contributed by atoms with Crippen LogP contribution in [0.3, 0.4) is 0 Å². The molecule has 0 atom stereocenters. The van der Waals surface area contributed by atoms with Crippen molar-refractivity contribution < 1.29 is 9.47 Å². The van der Waals surface area contributed by atoms with Gasteiger partial charge in [-0.15, -0.1) is 0 Å². The van der Waals surface area contributed by atoms with Crippen LogP contribution in [0.2, 0.25) is 0 Å². The summed E-state index contributed by atoms with van der Waals surface area (Å²) in [4.78, 5) is 11.3. The van der Waals surface area contributed by atoms with Crippen LogP contribution in [0, 0.1) is 13.8 Å². The normalized spacial score (nSPS) is 19.4. The number of nitrogens with one attached hydrogen (secondary N) is 1. The minimum Gasteiger partial charge on any atom is -0.356 e. The van der Waals surface area contributed by atoms with Gasteiger partial charge in [0.1, 0.15) is 5.82 Å². The van der Waals surface area contributed by atoms with Crippen LogP contribution < -0.4 is 10.2 Å². The molecule has 2 aliphatic heterocycles. The Kier molecular flexibility index (Phi) is 4.31. The molecule has 132 valence electrons. The van der Waals surface area contributed by atoms with Crippen LogP contribution >= 0.6 is 0 Å². The maximum atomic E-state index is 5.80. The van der Waals surface area contributed by atoms with E-state index in [0.29, 0.717) is 19.2 Å². The molecule has 0 bridgehead atoms. The van der Waals surface area contributed by atoms with E-state index in [2.05, 4.69) is 52.2 Å². The third kappa shape index (κ3) is 3.45. The number of anilines is 3. The number of hydrogen-bond acceptors (Lipinski definition) is 6. The van der Waals surface area contributed by atoms with Gasteiger partial charge in [0.25, 0.3) is 0 Å². The molecule has 0 saturated carbocycles. The Labute approximate surface area is 148 Å². The number of benzene rings is 1. The first-order valence-electron chi connectivity index (χ1n) is 8.84. The molecule has 2 aromatic rings. The maximum absolute atomic E-state index is 5.80. The van der Waals surface area contributed by atoms with Crippen LogP contribution in [-0.2, 0) is 9.47 Å². The molecule has 1 N–H and O–H groups in total. The van der Waals surface area contributed by atoms with Crippen LogP contribution in [0.5, 0.6) is 0 Å². The van der Waals surface area contributed by atoms with Gasteiger partial charge in [0.2, 0.25) is 5.95 Å². The van der Waals surface area contributed by atoms with Crippen LogP contribution in [-0.4, -0.2) is 42.1 Å². The summed E-state index contributed by atoms with van der Waals surface area (Å²) in [6.07, 6.45) is 3.55. The zero-order chi connectivity index (χ0) is 17.3. The highest BCUT2D eigenvalue weighted by Gasteiger charge is 2.40. The fourth-order valence-electron chi connectivity index (χ4n) is 3.40. The topological polar surface area (TPSA) is 59.5 Å². The summed E-state index contributed by atoms with van der Waals surface area (Å²) < 4.78 is 11.6. The fourth-order valence-corrected chi connectivity index (χ4v) is 3.40. The number of piperidine rings is 1. The zero-order valence-electron chi connectivity index (χ0n) is 14.8. The van der Waals surface area contributed by atoms with Gasteiger partial charge in [-0.1, -0.05) is 6.07 Å². The molecule has 1 spiro atoms. The lowest BCUT2D eigenvalue weighted by molar-refractivity contribution is -0.169. The summed E-state index contributed by atoms with van der Waals surface area (Å²) in [5, 5.41) is 3.30. The summed E-state index contributed by atoms with van der Waals surface area (Å²) >= 11 is 0. The molecule has 0 unspecified atom stereocenters. The molecule has 1 aromatic heterocycles. The van der Waals surface area contributed by atoms with E-state index in [9.17, 15) is 0 Å². The first-order valence-corrected chi connectivity index (χ1v) is 8.84. The molecule has 6 heteroatoms. The van der Waals surface area contributed by atoms with Crippen molar-refractivity contribution in [3.05, 3.63) is 41.6 Å². The van der Waals surface area contributed by atoms with E-state index in [0.717, 1.165) is 37.4 Å². The Bertz CT molecular complexity index is 749.